The number of nitrogens with zero attached hydrogens (tertiary/aromatic N) is 1. The summed E-state index contributed by atoms with van der Waals surface area (Å²) < 4.78 is 0. The van der Waals surface area contributed by atoms with Gasteiger partial charge in [-0.3, -0.25) is 9.59 Å². The largest absolute Gasteiger partial charge is 0.355 e. The van der Waals surface area contributed by atoms with Gasteiger partial charge in [-0.25, -0.2) is 0 Å². The summed E-state index contributed by atoms with van der Waals surface area (Å²) in [6.07, 6.45) is 2.46. The zero-order valence-corrected chi connectivity index (χ0v) is 15.4. The van der Waals surface area contributed by atoms with Crippen molar-refractivity contribution in [3.8, 4) is 0 Å². The summed E-state index contributed by atoms with van der Waals surface area (Å²) in [5.74, 6) is -0.179. The molecule has 136 valence electrons. The Labute approximate surface area is 159 Å². The van der Waals surface area contributed by atoms with Crippen LogP contribution in [0.15, 0.2) is 54.6 Å². The molecule has 0 aliphatic carbocycles. The number of benzene rings is 2. The van der Waals surface area contributed by atoms with E-state index >= 15 is 0 Å². The van der Waals surface area contributed by atoms with Crippen molar-refractivity contribution in [3.05, 3.63) is 70.7 Å². The average molecular weight is 371 g/mol. The molecule has 1 aliphatic rings. The van der Waals surface area contributed by atoms with Crippen LogP contribution >= 0.6 is 11.6 Å². The van der Waals surface area contributed by atoms with Gasteiger partial charge >= 0.3 is 0 Å². The lowest BCUT2D eigenvalue weighted by atomic mass is 9.96. The smallest absolute Gasteiger partial charge is 0.253 e. The molecule has 1 N–H and O–H groups in total. The van der Waals surface area contributed by atoms with E-state index in [0.717, 1.165) is 19.3 Å². The highest BCUT2D eigenvalue weighted by molar-refractivity contribution is 6.30. The molecule has 0 spiro atoms. The highest BCUT2D eigenvalue weighted by atomic mass is 35.5. The molecule has 0 saturated carbocycles. The highest BCUT2D eigenvalue weighted by Crippen LogP contribution is 2.20. The van der Waals surface area contributed by atoms with Crippen molar-refractivity contribution >= 4 is 23.4 Å². The lowest BCUT2D eigenvalue weighted by Crippen LogP contribution is -2.45. The maximum Gasteiger partial charge on any atom is 0.253 e. The van der Waals surface area contributed by atoms with E-state index in [2.05, 4.69) is 17.4 Å². The standard InChI is InChI=1S/C21H23ClN2O2/c22-19-10-4-8-17(14-19)21(26)24-13-5-9-18(15-24)20(25)23-12-11-16-6-2-1-3-7-16/h1-4,6-8,10,14,18H,5,9,11-13,15H2,(H,23,25)/t18-/m0/s1. The molecule has 1 atom stereocenters. The zero-order valence-electron chi connectivity index (χ0n) is 14.7. The normalized spacial score (nSPS) is 17.0. The molecule has 0 radical (unpaired) electrons. The van der Waals surface area contributed by atoms with Crippen molar-refractivity contribution in [1.82, 2.24) is 10.2 Å². The molecular formula is C21H23ClN2O2. The number of piperidine rings is 1. The molecule has 1 heterocycles. The van der Waals surface area contributed by atoms with E-state index in [0.29, 0.717) is 30.2 Å². The molecule has 1 aliphatic heterocycles. The second-order valence-electron chi connectivity index (χ2n) is 6.63. The third-order valence-electron chi connectivity index (χ3n) is 4.71. The van der Waals surface area contributed by atoms with Crippen LogP contribution in [0.4, 0.5) is 0 Å². The van der Waals surface area contributed by atoms with Gasteiger partial charge < -0.3 is 10.2 Å². The molecule has 0 bridgehead atoms. The fourth-order valence-corrected chi connectivity index (χ4v) is 3.49. The lowest BCUT2D eigenvalue weighted by Gasteiger charge is -2.32. The van der Waals surface area contributed by atoms with Crippen LogP contribution in [0, 0.1) is 5.92 Å². The van der Waals surface area contributed by atoms with Gasteiger partial charge in [0.25, 0.3) is 5.91 Å². The minimum atomic E-state index is -0.150. The van der Waals surface area contributed by atoms with Gasteiger partial charge in [0.15, 0.2) is 0 Å². The van der Waals surface area contributed by atoms with E-state index in [1.54, 1.807) is 29.2 Å². The summed E-state index contributed by atoms with van der Waals surface area (Å²) in [5.41, 5.74) is 1.77. The number of nitrogens with one attached hydrogen (secondary N) is 1. The van der Waals surface area contributed by atoms with Crippen molar-refractivity contribution in [3.63, 3.8) is 0 Å². The maximum atomic E-state index is 12.7. The number of carbonyl (C=O) groups excluding carboxylic acids is 2. The number of amides is 2. The minimum absolute atomic E-state index is 0.0320. The van der Waals surface area contributed by atoms with Gasteiger partial charge in [-0.15, -0.1) is 0 Å². The zero-order chi connectivity index (χ0) is 18.4. The Morgan fingerprint density at radius 1 is 1.12 bits per heavy atom. The minimum Gasteiger partial charge on any atom is -0.355 e. The number of rotatable bonds is 5. The summed E-state index contributed by atoms with van der Waals surface area (Å²) in [6, 6.07) is 17.0. The first-order chi connectivity index (χ1) is 12.6. The summed E-state index contributed by atoms with van der Waals surface area (Å²) in [5, 5.41) is 3.56. The van der Waals surface area contributed by atoms with Crippen molar-refractivity contribution < 1.29 is 9.59 Å². The Balaban J connectivity index is 1.52. The summed E-state index contributed by atoms with van der Waals surface area (Å²) >= 11 is 5.98. The number of likely N-dealkylation sites (tertiary alicyclic amines) is 1. The SMILES string of the molecule is O=C(NCCc1ccccc1)[C@H]1CCCN(C(=O)c2cccc(Cl)c2)C1. The summed E-state index contributed by atoms with van der Waals surface area (Å²) in [7, 11) is 0. The Hall–Kier alpha value is -2.33. The Kier molecular flexibility index (Phi) is 6.29. The Bertz CT molecular complexity index is 764. The van der Waals surface area contributed by atoms with Gasteiger partial charge in [0.05, 0.1) is 5.92 Å². The van der Waals surface area contributed by atoms with E-state index in [1.807, 2.05) is 18.2 Å². The first-order valence-corrected chi connectivity index (χ1v) is 9.38. The summed E-state index contributed by atoms with van der Waals surface area (Å²) in [6.45, 7) is 1.75. The van der Waals surface area contributed by atoms with Gasteiger partial charge in [-0.05, 0) is 43.0 Å². The van der Waals surface area contributed by atoms with Crippen LogP contribution in [0.25, 0.3) is 0 Å². The molecule has 2 aromatic carbocycles. The molecule has 0 aromatic heterocycles. The summed E-state index contributed by atoms with van der Waals surface area (Å²) in [4.78, 5) is 26.9. The van der Waals surface area contributed by atoms with E-state index in [4.69, 9.17) is 11.6 Å². The van der Waals surface area contributed by atoms with Crippen LogP contribution in [0.3, 0.4) is 0 Å². The molecular weight excluding hydrogens is 348 g/mol. The van der Waals surface area contributed by atoms with Gasteiger partial charge in [-0.2, -0.15) is 0 Å². The number of hydrogen-bond donors (Lipinski definition) is 1. The maximum absolute atomic E-state index is 12.7. The first kappa shape index (κ1) is 18.5. The van der Waals surface area contributed by atoms with E-state index in [9.17, 15) is 9.59 Å². The topological polar surface area (TPSA) is 49.4 Å². The number of hydrogen-bond acceptors (Lipinski definition) is 2. The third kappa shape index (κ3) is 4.85. The molecule has 1 saturated heterocycles. The van der Waals surface area contributed by atoms with Crippen molar-refractivity contribution in [2.24, 2.45) is 5.92 Å². The molecule has 3 rings (SSSR count). The van der Waals surface area contributed by atoms with Crippen LogP contribution in [0.2, 0.25) is 5.02 Å². The average Bonchev–Trinajstić information content (AvgIpc) is 2.68. The fraction of sp³-hybridized carbons (Fsp3) is 0.333. The van der Waals surface area contributed by atoms with Crippen molar-refractivity contribution in [2.45, 2.75) is 19.3 Å². The van der Waals surface area contributed by atoms with Crippen molar-refractivity contribution in [2.75, 3.05) is 19.6 Å². The predicted molar refractivity (Wildman–Crippen MR) is 103 cm³/mol. The molecule has 26 heavy (non-hydrogen) atoms. The fourth-order valence-electron chi connectivity index (χ4n) is 3.30. The highest BCUT2D eigenvalue weighted by Gasteiger charge is 2.28. The van der Waals surface area contributed by atoms with Gasteiger partial charge in [0.2, 0.25) is 5.91 Å². The monoisotopic (exact) mass is 370 g/mol. The molecule has 0 unspecified atom stereocenters. The van der Waals surface area contributed by atoms with E-state index in [-0.39, 0.29) is 17.7 Å². The van der Waals surface area contributed by atoms with Gasteiger partial charge in [0, 0.05) is 30.2 Å². The molecule has 5 heteroatoms. The van der Waals surface area contributed by atoms with Crippen molar-refractivity contribution in [1.29, 1.82) is 0 Å². The lowest BCUT2D eigenvalue weighted by molar-refractivity contribution is -0.126. The second kappa shape index (κ2) is 8.86. The van der Waals surface area contributed by atoms with Crippen LogP contribution < -0.4 is 5.32 Å². The van der Waals surface area contributed by atoms with Gasteiger partial charge in [-0.1, -0.05) is 48.0 Å². The Morgan fingerprint density at radius 2 is 1.92 bits per heavy atom. The van der Waals surface area contributed by atoms with Crippen LogP contribution in [-0.4, -0.2) is 36.3 Å². The Morgan fingerprint density at radius 3 is 2.69 bits per heavy atom. The molecule has 2 aromatic rings. The first-order valence-electron chi connectivity index (χ1n) is 9.00. The molecule has 4 nitrogen and oxygen atoms in total. The van der Waals surface area contributed by atoms with E-state index in [1.165, 1.54) is 5.56 Å². The molecule has 2 amide bonds. The number of carbonyl (C=O) groups is 2. The van der Waals surface area contributed by atoms with Crippen LogP contribution in [0.5, 0.6) is 0 Å². The predicted octanol–water partition coefficient (Wildman–Crippen LogP) is 3.55. The second-order valence-corrected chi connectivity index (χ2v) is 7.06. The van der Waals surface area contributed by atoms with Gasteiger partial charge in [0.1, 0.15) is 0 Å². The van der Waals surface area contributed by atoms with E-state index < -0.39 is 0 Å². The third-order valence-corrected chi connectivity index (χ3v) is 4.94. The van der Waals surface area contributed by atoms with Crippen LogP contribution in [0.1, 0.15) is 28.8 Å². The van der Waals surface area contributed by atoms with Crippen LogP contribution in [-0.2, 0) is 11.2 Å². The number of halogens is 1. The quantitative estimate of drug-likeness (QED) is 0.875. The molecule has 1 fully saturated rings.